The smallest absolute Gasteiger partial charge is 0.157 e. The van der Waals surface area contributed by atoms with Crippen LogP contribution in [-0.2, 0) is 4.79 Å². The summed E-state index contributed by atoms with van der Waals surface area (Å²) in [5, 5.41) is 9.72. The molecule has 0 heterocycles. The molecule has 1 aromatic rings. The summed E-state index contributed by atoms with van der Waals surface area (Å²) in [5.41, 5.74) is 0.540. The second-order valence-electron chi connectivity index (χ2n) is 4.16. The van der Waals surface area contributed by atoms with Gasteiger partial charge in [-0.2, -0.15) is 5.26 Å². The Bertz CT molecular complexity index is 479. The Labute approximate surface area is 112 Å². The minimum atomic E-state index is -0.825. The van der Waals surface area contributed by atoms with Crippen LogP contribution in [0.15, 0.2) is 18.2 Å². The third-order valence-corrected chi connectivity index (χ3v) is 3.25. The quantitative estimate of drug-likeness (QED) is 0.818. The fraction of sp³-hybridized carbons (Fsp3) is 0.429. The van der Waals surface area contributed by atoms with E-state index in [4.69, 9.17) is 16.3 Å². The summed E-state index contributed by atoms with van der Waals surface area (Å²) in [5.74, 6) is -0.560. The van der Waals surface area contributed by atoms with Crippen LogP contribution in [0.25, 0.3) is 0 Å². The van der Waals surface area contributed by atoms with Gasteiger partial charge in [-0.05, 0) is 24.6 Å². The van der Waals surface area contributed by atoms with Crippen LogP contribution in [0.5, 0.6) is 5.75 Å². The summed E-state index contributed by atoms with van der Waals surface area (Å²) >= 11 is 5.92. The first-order valence-corrected chi connectivity index (χ1v) is 6.19. The summed E-state index contributed by atoms with van der Waals surface area (Å²) in [7, 11) is 1.51. The number of rotatable bonds is 5. The van der Waals surface area contributed by atoms with Crippen molar-refractivity contribution in [2.75, 3.05) is 7.11 Å². The van der Waals surface area contributed by atoms with Crippen molar-refractivity contribution < 1.29 is 9.53 Å². The van der Waals surface area contributed by atoms with Gasteiger partial charge in [0.2, 0.25) is 0 Å². The van der Waals surface area contributed by atoms with Crippen molar-refractivity contribution in [3.8, 4) is 11.8 Å². The maximum Gasteiger partial charge on any atom is 0.157 e. The highest BCUT2D eigenvalue weighted by Gasteiger charge is 2.27. The van der Waals surface area contributed by atoms with Crippen molar-refractivity contribution in [2.45, 2.75) is 26.2 Å². The molecule has 4 heteroatoms. The second-order valence-corrected chi connectivity index (χ2v) is 4.60. The molecule has 0 aromatic heterocycles. The van der Waals surface area contributed by atoms with E-state index in [1.807, 2.05) is 19.9 Å². The SMILES string of the molecule is CCC(C)C(=O)C(C#N)c1cc(Cl)ccc1OC. The third-order valence-electron chi connectivity index (χ3n) is 3.01. The standard InChI is InChI=1S/C14H16ClNO2/c1-4-9(2)14(17)12(8-16)11-7-10(15)5-6-13(11)18-3/h5-7,9,12H,4H2,1-3H3. The van der Waals surface area contributed by atoms with Gasteiger partial charge in [-0.25, -0.2) is 0 Å². The molecule has 0 aliphatic carbocycles. The largest absolute Gasteiger partial charge is 0.496 e. The van der Waals surface area contributed by atoms with Gasteiger partial charge in [0.05, 0.1) is 13.2 Å². The first kappa shape index (κ1) is 14.5. The molecule has 0 spiro atoms. The Morgan fingerprint density at radius 3 is 2.72 bits per heavy atom. The summed E-state index contributed by atoms with van der Waals surface area (Å²) in [4.78, 5) is 12.2. The zero-order valence-corrected chi connectivity index (χ0v) is 11.5. The van der Waals surface area contributed by atoms with Gasteiger partial charge in [-0.15, -0.1) is 0 Å². The van der Waals surface area contributed by atoms with Crippen LogP contribution in [0.3, 0.4) is 0 Å². The van der Waals surface area contributed by atoms with Crippen molar-refractivity contribution in [3.05, 3.63) is 28.8 Å². The van der Waals surface area contributed by atoms with Crippen LogP contribution < -0.4 is 4.74 Å². The predicted molar refractivity (Wildman–Crippen MR) is 70.8 cm³/mol. The molecule has 0 saturated heterocycles. The fourth-order valence-electron chi connectivity index (χ4n) is 1.70. The van der Waals surface area contributed by atoms with Crippen molar-refractivity contribution in [1.29, 1.82) is 5.26 Å². The molecule has 0 radical (unpaired) electrons. The van der Waals surface area contributed by atoms with Gasteiger partial charge in [0.1, 0.15) is 11.7 Å². The number of halogens is 1. The van der Waals surface area contributed by atoms with Crippen LogP contribution in [0.2, 0.25) is 5.02 Å². The molecule has 96 valence electrons. The topological polar surface area (TPSA) is 50.1 Å². The number of methoxy groups -OCH3 is 1. The molecule has 1 aromatic carbocycles. The number of ether oxygens (including phenoxy) is 1. The highest BCUT2D eigenvalue weighted by Crippen LogP contribution is 2.31. The van der Waals surface area contributed by atoms with E-state index in [-0.39, 0.29) is 11.7 Å². The zero-order valence-electron chi connectivity index (χ0n) is 10.7. The van der Waals surface area contributed by atoms with E-state index in [1.54, 1.807) is 18.2 Å². The lowest BCUT2D eigenvalue weighted by molar-refractivity contribution is -0.122. The Balaban J connectivity index is 3.21. The zero-order chi connectivity index (χ0) is 13.7. The number of ketones is 1. The molecule has 0 saturated carbocycles. The van der Waals surface area contributed by atoms with E-state index in [1.165, 1.54) is 7.11 Å². The molecule has 18 heavy (non-hydrogen) atoms. The van der Waals surface area contributed by atoms with Crippen LogP contribution in [0.1, 0.15) is 31.7 Å². The number of nitrogens with zero attached hydrogens (tertiary/aromatic N) is 1. The molecule has 1 rings (SSSR count). The Morgan fingerprint density at radius 2 is 2.22 bits per heavy atom. The molecule has 2 unspecified atom stereocenters. The number of hydrogen-bond donors (Lipinski definition) is 0. The minimum absolute atomic E-state index is 0.0967. The maximum atomic E-state index is 12.2. The van der Waals surface area contributed by atoms with Crippen LogP contribution >= 0.6 is 11.6 Å². The number of carbonyl (C=O) groups is 1. The highest BCUT2D eigenvalue weighted by molar-refractivity contribution is 6.30. The van der Waals surface area contributed by atoms with Crippen molar-refractivity contribution in [2.24, 2.45) is 5.92 Å². The molecule has 0 fully saturated rings. The fourth-order valence-corrected chi connectivity index (χ4v) is 1.88. The molecule has 0 bridgehead atoms. The van der Waals surface area contributed by atoms with Gasteiger partial charge in [-0.3, -0.25) is 4.79 Å². The average molecular weight is 266 g/mol. The second kappa shape index (κ2) is 6.42. The molecular formula is C14H16ClNO2. The van der Waals surface area contributed by atoms with Crippen molar-refractivity contribution >= 4 is 17.4 Å². The molecule has 3 nitrogen and oxygen atoms in total. The minimum Gasteiger partial charge on any atom is -0.496 e. The van der Waals surface area contributed by atoms with E-state index in [0.29, 0.717) is 22.8 Å². The summed E-state index contributed by atoms with van der Waals surface area (Å²) in [6, 6.07) is 7.01. The lowest BCUT2D eigenvalue weighted by Crippen LogP contribution is -2.19. The average Bonchev–Trinajstić information content (AvgIpc) is 2.38. The molecule has 0 aliphatic heterocycles. The third kappa shape index (κ3) is 3.02. The van der Waals surface area contributed by atoms with E-state index >= 15 is 0 Å². The molecule has 0 N–H and O–H groups in total. The first-order valence-electron chi connectivity index (χ1n) is 5.81. The molecular weight excluding hydrogens is 250 g/mol. The number of Topliss-reactive ketones (excluding diaryl/α,β-unsaturated/α-hetero) is 1. The Kier molecular flexibility index (Phi) is 5.18. The molecule has 0 aliphatic rings. The number of hydrogen-bond acceptors (Lipinski definition) is 3. The lowest BCUT2D eigenvalue weighted by atomic mass is 9.87. The molecule has 0 amide bonds. The number of nitriles is 1. The summed E-state index contributed by atoms with van der Waals surface area (Å²) in [6.07, 6.45) is 0.708. The van der Waals surface area contributed by atoms with E-state index in [2.05, 4.69) is 0 Å². The van der Waals surface area contributed by atoms with Gasteiger partial charge in [-0.1, -0.05) is 25.4 Å². The number of benzene rings is 1. The predicted octanol–water partition coefficient (Wildman–Crippen LogP) is 3.57. The van der Waals surface area contributed by atoms with E-state index < -0.39 is 5.92 Å². The highest BCUT2D eigenvalue weighted by atomic mass is 35.5. The van der Waals surface area contributed by atoms with E-state index in [9.17, 15) is 10.1 Å². The Morgan fingerprint density at radius 1 is 1.56 bits per heavy atom. The van der Waals surface area contributed by atoms with Crippen LogP contribution in [-0.4, -0.2) is 12.9 Å². The van der Waals surface area contributed by atoms with Gasteiger partial charge < -0.3 is 4.74 Å². The van der Waals surface area contributed by atoms with Gasteiger partial charge >= 0.3 is 0 Å². The summed E-state index contributed by atoms with van der Waals surface area (Å²) in [6.45, 7) is 3.75. The Hall–Kier alpha value is -1.53. The van der Waals surface area contributed by atoms with Gasteiger partial charge in [0.15, 0.2) is 5.78 Å². The molecule has 2 atom stereocenters. The van der Waals surface area contributed by atoms with Crippen LogP contribution in [0.4, 0.5) is 0 Å². The normalized spacial score (nSPS) is 13.5. The monoisotopic (exact) mass is 265 g/mol. The van der Waals surface area contributed by atoms with E-state index in [0.717, 1.165) is 0 Å². The van der Waals surface area contributed by atoms with Gasteiger partial charge in [0, 0.05) is 16.5 Å². The van der Waals surface area contributed by atoms with Gasteiger partial charge in [0.25, 0.3) is 0 Å². The summed E-state index contributed by atoms with van der Waals surface area (Å²) < 4.78 is 5.18. The van der Waals surface area contributed by atoms with Crippen LogP contribution in [0, 0.1) is 17.2 Å². The van der Waals surface area contributed by atoms with Crippen molar-refractivity contribution in [3.63, 3.8) is 0 Å². The number of carbonyl (C=O) groups excluding carboxylic acids is 1. The lowest BCUT2D eigenvalue weighted by Gasteiger charge is -2.16. The van der Waals surface area contributed by atoms with Crippen molar-refractivity contribution in [1.82, 2.24) is 0 Å². The maximum absolute atomic E-state index is 12.2. The first-order chi connectivity index (χ1) is 8.54.